The van der Waals surface area contributed by atoms with Crippen molar-refractivity contribution in [2.75, 3.05) is 0 Å². The molecule has 110 valence electrons. The molecule has 0 aromatic carbocycles. The van der Waals surface area contributed by atoms with Crippen LogP contribution in [0.25, 0.3) is 0 Å². The quantitative estimate of drug-likeness (QED) is 0.842. The predicted molar refractivity (Wildman–Crippen MR) is 69.1 cm³/mol. The maximum atomic E-state index is 13.4. The molecule has 0 aliphatic heterocycles. The molecule has 1 amide bonds. The number of carbonyl (C=O) groups excluding carboxylic acids is 1. The van der Waals surface area contributed by atoms with Gasteiger partial charge in [0.05, 0.1) is 11.6 Å². The lowest BCUT2D eigenvalue weighted by atomic mass is 10.2. The molecule has 0 aliphatic rings. The first-order chi connectivity index (χ1) is 9.90. The third-order valence-electron chi connectivity index (χ3n) is 2.55. The van der Waals surface area contributed by atoms with Crippen LogP contribution in [-0.2, 0) is 0 Å². The molecule has 21 heavy (non-hydrogen) atoms. The minimum Gasteiger partial charge on any atom is -0.476 e. The molecule has 0 spiro atoms. The average molecular weight is 313 g/mol. The molecule has 2 aromatic heterocycles. The molecule has 9 heteroatoms. The number of hydrogen-bond acceptors (Lipinski definition) is 5. The van der Waals surface area contributed by atoms with Crippen molar-refractivity contribution < 1.29 is 23.5 Å². The number of carboxylic acid groups (broad SMARTS) is 1. The van der Waals surface area contributed by atoms with Gasteiger partial charge in [0.1, 0.15) is 5.01 Å². The number of nitrogens with one attached hydrogen (secondary N) is 1. The first-order valence-electron chi connectivity index (χ1n) is 5.69. The summed E-state index contributed by atoms with van der Waals surface area (Å²) in [6.45, 7) is 1.55. The Kier molecular flexibility index (Phi) is 4.22. The van der Waals surface area contributed by atoms with Crippen molar-refractivity contribution in [1.82, 2.24) is 15.3 Å². The second-order valence-corrected chi connectivity index (χ2v) is 4.92. The van der Waals surface area contributed by atoms with Crippen LogP contribution in [0.5, 0.6) is 0 Å². The van der Waals surface area contributed by atoms with Crippen LogP contribution in [0.15, 0.2) is 17.6 Å². The highest BCUT2D eigenvalue weighted by Gasteiger charge is 2.20. The monoisotopic (exact) mass is 313 g/mol. The van der Waals surface area contributed by atoms with E-state index in [1.54, 1.807) is 6.92 Å². The van der Waals surface area contributed by atoms with Crippen molar-refractivity contribution in [2.24, 2.45) is 0 Å². The Balaban J connectivity index is 2.14. The summed E-state index contributed by atoms with van der Waals surface area (Å²) in [6.07, 6.45) is 0.976. The number of aromatic carboxylic acids is 1. The van der Waals surface area contributed by atoms with Crippen molar-refractivity contribution in [2.45, 2.75) is 13.0 Å². The SMILES string of the molecule is CC(NC(=O)c1ccnc(F)c1F)c1nc(C(=O)O)cs1. The fourth-order valence-electron chi connectivity index (χ4n) is 1.51. The van der Waals surface area contributed by atoms with Gasteiger partial charge in [0.2, 0.25) is 5.95 Å². The first-order valence-corrected chi connectivity index (χ1v) is 6.57. The van der Waals surface area contributed by atoms with Gasteiger partial charge in [-0.2, -0.15) is 4.39 Å². The molecule has 1 unspecified atom stereocenters. The van der Waals surface area contributed by atoms with Crippen LogP contribution in [0.1, 0.15) is 38.8 Å². The summed E-state index contributed by atoms with van der Waals surface area (Å²) in [5.41, 5.74) is -0.624. The van der Waals surface area contributed by atoms with Gasteiger partial charge in [-0.15, -0.1) is 11.3 Å². The molecule has 0 radical (unpaired) electrons. The van der Waals surface area contributed by atoms with Crippen molar-refractivity contribution in [1.29, 1.82) is 0 Å². The van der Waals surface area contributed by atoms with Gasteiger partial charge in [0.25, 0.3) is 5.91 Å². The van der Waals surface area contributed by atoms with Gasteiger partial charge in [-0.25, -0.2) is 19.2 Å². The smallest absolute Gasteiger partial charge is 0.355 e. The first kappa shape index (κ1) is 15.0. The Morgan fingerprint density at radius 3 is 2.76 bits per heavy atom. The number of thiazole rings is 1. The van der Waals surface area contributed by atoms with Gasteiger partial charge in [0, 0.05) is 11.6 Å². The predicted octanol–water partition coefficient (Wildman–Crippen LogP) is 2.01. The Hall–Kier alpha value is -2.42. The lowest BCUT2D eigenvalue weighted by molar-refractivity contribution is 0.0691. The van der Waals surface area contributed by atoms with E-state index in [0.29, 0.717) is 5.01 Å². The van der Waals surface area contributed by atoms with Crippen LogP contribution in [0.3, 0.4) is 0 Å². The van der Waals surface area contributed by atoms with Gasteiger partial charge >= 0.3 is 5.97 Å². The van der Waals surface area contributed by atoms with E-state index in [2.05, 4.69) is 15.3 Å². The van der Waals surface area contributed by atoms with E-state index >= 15 is 0 Å². The average Bonchev–Trinajstić information content (AvgIpc) is 2.91. The minimum atomic E-state index is -1.36. The Morgan fingerprint density at radius 1 is 1.43 bits per heavy atom. The summed E-state index contributed by atoms with van der Waals surface area (Å²) in [6, 6.07) is 0.400. The van der Waals surface area contributed by atoms with Crippen LogP contribution in [-0.4, -0.2) is 27.0 Å². The van der Waals surface area contributed by atoms with Crippen molar-refractivity contribution >= 4 is 23.2 Å². The van der Waals surface area contributed by atoms with Crippen molar-refractivity contribution in [3.63, 3.8) is 0 Å². The van der Waals surface area contributed by atoms with E-state index in [1.165, 1.54) is 5.38 Å². The molecule has 0 bridgehead atoms. The molecule has 1 atom stereocenters. The number of hydrogen-bond donors (Lipinski definition) is 2. The van der Waals surface area contributed by atoms with Crippen LogP contribution < -0.4 is 5.32 Å². The summed E-state index contributed by atoms with van der Waals surface area (Å²) in [4.78, 5) is 29.5. The van der Waals surface area contributed by atoms with Crippen LogP contribution in [0, 0.1) is 11.8 Å². The number of nitrogens with zero attached hydrogens (tertiary/aromatic N) is 2. The number of carboxylic acids is 1. The zero-order chi connectivity index (χ0) is 15.6. The van der Waals surface area contributed by atoms with E-state index in [4.69, 9.17) is 5.11 Å². The normalized spacial score (nSPS) is 12.0. The van der Waals surface area contributed by atoms with Crippen molar-refractivity contribution in [3.05, 3.63) is 45.7 Å². The fraction of sp³-hybridized carbons (Fsp3) is 0.167. The van der Waals surface area contributed by atoms with Gasteiger partial charge < -0.3 is 10.4 Å². The summed E-state index contributed by atoms with van der Waals surface area (Å²) >= 11 is 1.04. The van der Waals surface area contributed by atoms with E-state index in [1.807, 2.05) is 0 Å². The lowest BCUT2D eigenvalue weighted by Crippen LogP contribution is -2.27. The lowest BCUT2D eigenvalue weighted by Gasteiger charge is -2.11. The molecule has 0 saturated heterocycles. The summed E-state index contributed by atoms with van der Waals surface area (Å²) in [5, 5.41) is 12.8. The number of pyridine rings is 1. The maximum absolute atomic E-state index is 13.4. The van der Waals surface area contributed by atoms with E-state index < -0.39 is 35.2 Å². The molecule has 2 aromatic rings. The molecule has 0 fully saturated rings. The number of carbonyl (C=O) groups is 2. The molecule has 0 saturated carbocycles. The third-order valence-corrected chi connectivity index (χ3v) is 3.58. The minimum absolute atomic E-state index is 0.141. The zero-order valence-corrected chi connectivity index (χ0v) is 11.4. The standard InChI is InChI=1S/C12H9F2N3O3S/c1-5(11-17-7(4-21-11)12(19)20)16-10(18)6-2-3-15-9(14)8(6)13/h2-5H,1H3,(H,16,18)(H,19,20). The van der Waals surface area contributed by atoms with Gasteiger partial charge in [-0.1, -0.05) is 0 Å². The second kappa shape index (κ2) is 5.92. The highest BCUT2D eigenvalue weighted by molar-refractivity contribution is 7.09. The third kappa shape index (κ3) is 3.19. The van der Waals surface area contributed by atoms with E-state index in [9.17, 15) is 18.4 Å². The van der Waals surface area contributed by atoms with E-state index in [-0.39, 0.29) is 5.69 Å². The summed E-state index contributed by atoms with van der Waals surface area (Å²) < 4.78 is 26.4. The summed E-state index contributed by atoms with van der Waals surface area (Å²) in [5.74, 6) is -4.73. The van der Waals surface area contributed by atoms with Crippen molar-refractivity contribution in [3.8, 4) is 0 Å². The molecular weight excluding hydrogens is 304 g/mol. The Morgan fingerprint density at radius 2 is 2.14 bits per heavy atom. The number of rotatable bonds is 4. The Labute approximate surface area is 121 Å². The van der Waals surface area contributed by atoms with Crippen LogP contribution in [0.4, 0.5) is 8.78 Å². The molecular formula is C12H9F2N3O3S. The highest BCUT2D eigenvalue weighted by atomic mass is 32.1. The Bertz CT molecular complexity index is 705. The molecule has 2 rings (SSSR count). The van der Waals surface area contributed by atoms with E-state index in [0.717, 1.165) is 23.6 Å². The highest BCUT2D eigenvalue weighted by Crippen LogP contribution is 2.19. The number of amides is 1. The topological polar surface area (TPSA) is 92.2 Å². The van der Waals surface area contributed by atoms with Crippen LogP contribution in [0.2, 0.25) is 0 Å². The zero-order valence-electron chi connectivity index (χ0n) is 10.6. The second-order valence-electron chi connectivity index (χ2n) is 4.03. The van der Waals surface area contributed by atoms with Gasteiger partial charge in [-0.05, 0) is 13.0 Å². The molecule has 6 nitrogen and oxygen atoms in total. The number of halogens is 2. The maximum Gasteiger partial charge on any atom is 0.355 e. The molecule has 0 aliphatic carbocycles. The fourth-order valence-corrected chi connectivity index (χ4v) is 2.31. The van der Waals surface area contributed by atoms with Gasteiger partial charge in [0.15, 0.2) is 11.5 Å². The summed E-state index contributed by atoms with van der Waals surface area (Å²) in [7, 11) is 0. The molecule has 2 N–H and O–H groups in total. The van der Waals surface area contributed by atoms with Crippen LogP contribution >= 0.6 is 11.3 Å². The molecule has 2 heterocycles. The largest absolute Gasteiger partial charge is 0.476 e. The number of aromatic nitrogens is 2. The van der Waals surface area contributed by atoms with Gasteiger partial charge in [-0.3, -0.25) is 4.79 Å².